The molecule has 0 bridgehead atoms. The van der Waals surface area contributed by atoms with Gasteiger partial charge in [-0.15, -0.1) is 5.10 Å². The van der Waals surface area contributed by atoms with E-state index < -0.39 is 0 Å². The first-order valence-electron chi connectivity index (χ1n) is 8.37. The van der Waals surface area contributed by atoms with Crippen molar-refractivity contribution in [1.29, 1.82) is 0 Å². The first-order valence-corrected chi connectivity index (χ1v) is 8.37. The highest BCUT2D eigenvalue weighted by Crippen LogP contribution is 2.22. The minimum Gasteiger partial charge on any atom is -0.383 e. The molecule has 1 fully saturated rings. The normalized spacial score (nSPS) is 15.6. The zero-order valence-electron chi connectivity index (χ0n) is 14.4. The van der Waals surface area contributed by atoms with Crippen molar-refractivity contribution in [2.24, 2.45) is 7.05 Å². The van der Waals surface area contributed by atoms with Crippen LogP contribution in [0.25, 0.3) is 11.0 Å². The summed E-state index contributed by atoms with van der Waals surface area (Å²) in [6.45, 7) is 5.39. The Bertz CT molecular complexity index is 887. The topological polar surface area (TPSA) is 102 Å². The Labute approximate surface area is 145 Å². The van der Waals surface area contributed by atoms with Crippen molar-refractivity contribution in [3.05, 3.63) is 24.0 Å². The molecule has 4 rings (SSSR count). The van der Waals surface area contributed by atoms with E-state index >= 15 is 0 Å². The number of anilines is 3. The number of aryl methyl sites for hydroxylation is 2. The SMILES string of the molecule is Cc1ccc(N2CCCN(c3nc(N)c4cnn(C)c4n3)CC2)nn1. The van der Waals surface area contributed by atoms with Crippen LogP contribution < -0.4 is 15.5 Å². The molecule has 0 saturated carbocycles. The van der Waals surface area contributed by atoms with E-state index in [0.717, 1.165) is 55.1 Å². The van der Waals surface area contributed by atoms with Gasteiger partial charge >= 0.3 is 0 Å². The summed E-state index contributed by atoms with van der Waals surface area (Å²) in [5.74, 6) is 2.04. The number of hydrogen-bond acceptors (Lipinski definition) is 8. The molecule has 0 amide bonds. The molecule has 1 aliphatic heterocycles. The molecule has 0 atom stereocenters. The second kappa shape index (κ2) is 6.15. The van der Waals surface area contributed by atoms with Gasteiger partial charge < -0.3 is 15.5 Å². The number of hydrogen-bond donors (Lipinski definition) is 1. The number of fused-ring (bicyclic) bond motifs is 1. The summed E-state index contributed by atoms with van der Waals surface area (Å²) < 4.78 is 1.73. The lowest BCUT2D eigenvalue weighted by Crippen LogP contribution is -2.32. The molecule has 130 valence electrons. The average molecular weight is 339 g/mol. The second-order valence-corrected chi connectivity index (χ2v) is 6.27. The molecular weight excluding hydrogens is 318 g/mol. The van der Waals surface area contributed by atoms with E-state index in [1.165, 1.54) is 0 Å². The predicted molar refractivity (Wildman–Crippen MR) is 96.5 cm³/mol. The molecule has 3 aromatic rings. The first kappa shape index (κ1) is 15.6. The number of nitrogens with two attached hydrogens (primary N) is 1. The van der Waals surface area contributed by atoms with Crippen molar-refractivity contribution in [3.8, 4) is 0 Å². The lowest BCUT2D eigenvalue weighted by Gasteiger charge is -2.22. The van der Waals surface area contributed by atoms with E-state index in [-0.39, 0.29) is 0 Å². The van der Waals surface area contributed by atoms with Gasteiger partial charge in [0.2, 0.25) is 5.95 Å². The van der Waals surface area contributed by atoms with Crippen LogP contribution in [0.1, 0.15) is 12.1 Å². The highest BCUT2D eigenvalue weighted by molar-refractivity contribution is 5.86. The summed E-state index contributed by atoms with van der Waals surface area (Å²) in [6.07, 6.45) is 2.69. The van der Waals surface area contributed by atoms with Gasteiger partial charge in [-0.1, -0.05) is 0 Å². The molecular formula is C16H21N9. The molecule has 2 N–H and O–H groups in total. The monoisotopic (exact) mass is 339 g/mol. The Kier molecular flexibility index (Phi) is 3.83. The van der Waals surface area contributed by atoms with Gasteiger partial charge in [0, 0.05) is 33.2 Å². The Hall–Kier alpha value is -2.97. The van der Waals surface area contributed by atoms with Crippen LogP contribution in [0.5, 0.6) is 0 Å². The number of aromatic nitrogens is 6. The predicted octanol–water partition coefficient (Wildman–Crippen LogP) is 0.761. The van der Waals surface area contributed by atoms with Crippen LogP contribution >= 0.6 is 0 Å². The second-order valence-electron chi connectivity index (χ2n) is 6.27. The summed E-state index contributed by atoms with van der Waals surface area (Å²) in [7, 11) is 1.86. The van der Waals surface area contributed by atoms with Gasteiger partial charge in [-0.05, 0) is 25.5 Å². The molecule has 0 aliphatic carbocycles. The average Bonchev–Trinajstić information content (AvgIpc) is 2.83. The van der Waals surface area contributed by atoms with Crippen molar-refractivity contribution >= 4 is 28.6 Å². The quantitative estimate of drug-likeness (QED) is 0.730. The van der Waals surface area contributed by atoms with E-state index in [2.05, 4.69) is 35.1 Å². The summed E-state index contributed by atoms with van der Waals surface area (Å²) in [4.78, 5) is 13.6. The molecule has 0 radical (unpaired) electrons. The van der Waals surface area contributed by atoms with Crippen LogP contribution in [-0.2, 0) is 7.05 Å². The van der Waals surface area contributed by atoms with Crippen molar-refractivity contribution in [1.82, 2.24) is 29.9 Å². The third-order valence-corrected chi connectivity index (χ3v) is 4.50. The van der Waals surface area contributed by atoms with Gasteiger partial charge in [-0.25, -0.2) is 0 Å². The third-order valence-electron chi connectivity index (χ3n) is 4.50. The zero-order chi connectivity index (χ0) is 17.4. The van der Waals surface area contributed by atoms with Gasteiger partial charge in [0.1, 0.15) is 5.82 Å². The molecule has 4 heterocycles. The van der Waals surface area contributed by atoms with Crippen LogP contribution in [0.2, 0.25) is 0 Å². The molecule has 9 nitrogen and oxygen atoms in total. The Morgan fingerprint density at radius 1 is 1.00 bits per heavy atom. The molecule has 3 aromatic heterocycles. The number of nitrogens with zero attached hydrogens (tertiary/aromatic N) is 8. The van der Waals surface area contributed by atoms with Crippen LogP contribution in [0.4, 0.5) is 17.6 Å². The van der Waals surface area contributed by atoms with Crippen LogP contribution in [0.15, 0.2) is 18.3 Å². The standard InChI is InChI=1S/C16H21N9/c1-11-4-5-13(22-21-11)24-6-3-7-25(9-8-24)16-19-14(17)12-10-18-23(2)15(12)20-16/h4-5,10H,3,6-9H2,1-2H3,(H2,17,19,20). The molecule has 1 saturated heterocycles. The maximum Gasteiger partial charge on any atom is 0.229 e. The van der Waals surface area contributed by atoms with Gasteiger partial charge in [0.15, 0.2) is 11.5 Å². The third kappa shape index (κ3) is 2.92. The first-order chi connectivity index (χ1) is 12.1. The van der Waals surface area contributed by atoms with Gasteiger partial charge in [-0.2, -0.15) is 20.2 Å². The van der Waals surface area contributed by atoms with Crippen molar-refractivity contribution in [2.75, 3.05) is 41.7 Å². The fraction of sp³-hybridized carbons (Fsp3) is 0.438. The minimum atomic E-state index is 0.471. The Morgan fingerprint density at radius 2 is 1.80 bits per heavy atom. The molecule has 0 spiro atoms. The molecule has 25 heavy (non-hydrogen) atoms. The lowest BCUT2D eigenvalue weighted by atomic mass is 10.3. The van der Waals surface area contributed by atoms with Crippen LogP contribution in [0, 0.1) is 6.92 Å². The van der Waals surface area contributed by atoms with Crippen molar-refractivity contribution < 1.29 is 0 Å². The van der Waals surface area contributed by atoms with E-state index in [1.807, 2.05) is 26.1 Å². The fourth-order valence-electron chi connectivity index (χ4n) is 3.08. The fourth-order valence-corrected chi connectivity index (χ4v) is 3.08. The summed E-state index contributed by atoms with van der Waals surface area (Å²) in [5.41, 5.74) is 7.77. The van der Waals surface area contributed by atoms with Gasteiger partial charge in [0.05, 0.1) is 17.3 Å². The molecule has 0 aromatic carbocycles. The lowest BCUT2D eigenvalue weighted by molar-refractivity contribution is 0.766. The summed E-state index contributed by atoms with van der Waals surface area (Å²) >= 11 is 0. The summed E-state index contributed by atoms with van der Waals surface area (Å²) in [5, 5.41) is 13.5. The Morgan fingerprint density at radius 3 is 2.60 bits per heavy atom. The molecule has 9 heteroatoms. The van der Waals surface area contributed by atoms with E-state index in [1.54, 1.807) is 10.9 Å². The maximum atomic E-state index is 6.09. The highest BCUT2D eigenvalue weighted by Gasteiger charge is 2.20. The number of rotatable bonds is 2. The van der Waals surface area contributed by atoms with Crippen LogP contribution in [0.3, 0.4) is 0 Å². The molecule has 1 aliphatic rings. The van der Waals surface area contributed by atoms with Gasteiger partial charge in [-0.3, -0.25) is 4.68 Å². The zero-order valence-corrected chi connectivity index (χ0v) is 14.4. The van der Waals surface area contributed by atoms with E-state index in [9.17, 15) is 0 Å². The van der Waals surface area contributed by atoms with Crippen molar-refractivity contribution in [2.45, 2.75) is 13.3 Å². The molecule has 0 unspecified atom stereocenters. The number of nitrogen functional groups attached to an aromatic ring is 1. The minimum absolute atomic E-state index is 0.471. The largest absolute Gasteiger partial charge is 0.383 e. The Balaban J connectivity index is 1.56. The maximum absolute atomic E-state index is 6.09. The van der Waals surface area contributed by atoms with E-state index in [4.69, 9.17) is 5.73 Å². The summed E-state index contributed by atoms with van der Waals surface area (Å²) in [6, 6.07) is 4.01. The van der Waals surface area contributed by atoms with Crippen molar-refractivity contribution in [3.63, 3.8) is 0 Å². The van der Waals surface area contributed by atoms with Crippen LogP contribution in [-0.4, -0.2) is 56.1 Å². The highest BCUT2D eigenvalue weighted by atomic mass is 15.3. The smallest absolute Gasteiger partial charge is 0.229 e. The van der Waals surface area contributed by atoms with Gasteiger partial charge in [0.25, 0.3) is 0 Å². The van der Waals surface area contributed by atoms with E-state index in [0.29, 0.717) is 11.8 Å².